The van der Waals surface area contributed by atoms with Gasteiger partial charge in [-0.15, -0.1) is 0 Å². The Kier molecular flexibility index (Phi) is 4.01. The largest absolute Gasteiger partial charge is 0.393 e. The maximum Gasteiger partial charge on any atom is 0.126 e. The minimum Gasteiger partial charge on any atom is -0.393 e. The number of aryl methyl sites for hydroxylation is 1. The SMILES string of the molecule is CCC(O)CCc1cc(F)ccc1F. The molecule has 0 radical (unpaired) electrons. The molecule has 1 nitrogen and oxygen atoms in total. The van der Waals surface area contributed by atoms with E-state index >= 15 is 0 Å². The molecule has 1 atom stereocenters. The average molecular weight is 200 g/mol. The van der Waals surface area contributed by atoms with Crippen molar-refractivity contribution in [1.29, 1.82) is 0 Å². The summed E-state index contributed by atoms with van der Waals surface area (Å²) in [6.45, 7) is 1.85. The Bertz CT molecular complexity index is 299. The summed E-state index contributed by atoms with van der Waals surface area (Å²) in [5.41, 5.74) is 0.331. The van der Waals surface area contributed by atoms with Gasteiger partial charge in [0.05, 0.1) is 6.10 Å². The lowest BCUT2D eigenvalue weighted by molar-refractivity contribution is 0.160. The predicted molar refractivity (Wildman–Crippen MR) is 51.0 cm³/mol. The van der Waals surface area contributed by atoms with Crippen LogP contribution in [0.1, 0.15) is 25.3 Å². The highest BCUT2D eigenvalue weighted by molar-refractivity contribution is 5.18. The molecule has 0 aliphatic heterocycles. The fourth-order valence-corrected chi connectivity index (χ4v) is 1.26. The first-order chi connectivity index (χ1) is 6.63. The topological polar surface area (TPSA) is 20.2 Å². The lowest BCUT2D eigenvalue weighted by Crippen LogP contribution is -2.06. The molecule has 3 heteroatoms. The third-order valence-corrected chi connectivity index (χ3v) is 2.23. The molecule has 1 rings (SSSR count). The first-order valence-corrected chi connectivity index (χ1v) is 4.75. The summed E-state index contributed by atoms with van der Waals surface area (Å²) in [5, 5.41) is 9.26. The molecule has 78 valence electrons. The summed E-state index contributed by atoms with van der Waals surface area (Å²) in [7, 11) is 0. The van der Waals surface area contributed by atoms with Crippen LogP contribution in [0, 0.1) is 11.6 Å². The molecule has 0 amide bonds. The van der Waals surface area contributed by atoms with Crippen molar-refractivity contribution in [1.82, 2.24) is 0 Å². The summed E-state index contributed by atoms with van der Waals surface area (Å²) >= 11 is 0. The van der Waals surface area contributed by atoms with E-state index in [1.54, 1.807) is 0 Å². The molecule has 1 aromatic rings. The van der Waals surface area contributed by atoms with E-state index in [4.69, 9.17) is 0 Å². The second-order valence-electron chi connectivity index (χ2n) is 3.34. The Morgan fingerprint density at radius 1 is 1.36 bits per heavy atom. The van der Waals surface area contributed by atoms with Gasteiger partial charge in [-0.25, -0.2) is 8.78 Å². The highest BCUT2D eigenvalue weighted by Gasteiger charge is 2.06. The molecule has 0 saturated heterocycles. The Morgan fingerprint density at radius 3 is 2.71 bits per heavy atom. The zero-order valence-corrected chi connectivity index (χ0v) is 8.13. The first-order valence-electron chi connectivity index (χ1n) is 4.75. The van der Waals surface area contributed by atoms with E-state index in [9.17, 15) is 13.9 Å². The van der Waals surface area contributed by atoms with Gasteiger partial charge in [-0.1, -0.05) is 6.92 Å². The molecule has 0 saturated carbocycles. The molecule has 0 heterocycles. The minimum absolute atomic E-state index is 0.331. The van der Waals surface area contributed by atoms with Crippen LogP contribution in [0.25, 0.3) is 0 Å². The van der Waals surface area contributed by atoms with Crippen LogP contribution < -0.4 is 0 Å². The maximum atomic E-state index is 13.1. The molecular formula is C11H14F2O. The van der Waals surface area contributed by atoms with Crippen LogP contribution in [0.2, 0.25) is 0 Å². The van der Waals surface area contributed by atoms with Gasteiger partial charge in [0, 0.05) is 0 Å². The summed E-state index contributed by atoms with van der Waals surface area (Å²) in [4.78, 5) is 0. The molecule has 0 aliphatic carbocycles. The monoisotopic (exact) mass is 200 g/mol. The fourth-order valence-electron chi connectivity index (χ4n) is 1.26. The number of halogens is 2. The van der Waals surface area contributed by atoms with E-state index in [1.807, 2.05) is 6.92 Å². The molecular weight excluding hydrogens is 186 g/mol. The lowest BCUT2D eigenvalue weighted by Gasteiger charge is -2.07. The third-order valence-electron chi connectivity index (χ3n) is 2.23. The zero-order chi connectivity index (χ0) is 10.6. The van der Waals surface area contributed by atoms with Crippen LogP contribution in [0.5, 0.6) is 0 Å². The van der Waals surface area contributed by atoms with E-state index in [1.165, 1.54) is 6.07 Å². The average Bonchev–Trinajstić information content (AvgIpc) is 2.19. The number of aliphatic hydroxyl groups is 1. The highest BCUT2D eigenvalue weighted by Crippen LogP contribution is 2.13. The molecule has 1 unspecified atom stereocenters. The number of rotatable bonds is 4. The summed E-state index contributed by atoms with van der Waals surface area (Å²) in [6.07, 6.45) is 1.05. The van der Waals surface area contributed by atoms with E-state index in [0.717, 1.165) is 12.1 Å². The summed E-state index contributed by atoms with van der Waals surface area (Å²) < 4.78 is 25.8. The molecule has 0 aromatic heterocycles. The maximum absolute atomic E-state index is 13.1. The number of hydrogen-bond donors (Lipinski definition) is 1. The van der Waals surface area contributed by atoms with E-state index in [-0.39, 0.29) is 0 Å². The smallest absolute Gasteiger partial charge is 0.126 e. The van der Waals surface area contributed by atoms with Crippen molar-refractivity contribution in [3.05, 3.63) is 35.4 Å². The minimum atomic E-state index is -0.438. The molecule has 0 spiro atoms. The van der Waals surface area contributed by atoms with Crippen molar-refractivity contribution in [2.45, 2.75) is 32.3 Å². The fraction of sp³-hybridized carbons (Fsp3) is 0.455. The van der Waals surface area contributed by atoms with Crippen LogP contribution in [-0.2, 0) is 6.42 Å². The Hall–Kier alpha value is -0.960. The number of aliphatic hydroxyl groups excluding tert-OH is 1. The molecule has 1 N–H and O–H groups in total. The van der Waals surface area contributed by atoms with Gasteiger partial charge >= 0.3 is 0 Å². The van der Waals surface area contributed by atoms with Crippen LogP contribution >= 0.6 is 0 Å². The summed E-state index contributed by atoms with van der Waals surface area (Å²) in [5.74, 6) is -0.845. The number of benzene rings is 1. The summed E-state index contributed by atoms with van der Waals surface area (Å²) in [6, 6.07) is 3.38. The standard InChI is InChI=1S/C11H14F2O/c1-2-10(14)5-3-8-7-9(12)4-6-11(8)13/h4,6-7,10,14H,2-3,5H2,1H3. The van der Waals surface area contributed by atoms with Gasteiger partial charge in [0.2, 0.25) is 0 Å². The van der Waals surface area contributed by atoms with Gasteiger partial charge in [-0.2, -0.15) is 0 Å². The Morgan fingerprint density at radius 2 is 2.07 bits per heavy atom. The predicted octanol–water partition coefficient (Wildman–Crippen LogP) is 2.67. The number of hydrogen-bond acceptors (Lipinski definition) is 1. The second kappa shape index (κ2) is 5.05. The van der Waals surface area contributed by atoms with Gasteiger partial charge < -0.3 is 5.11 Å². The normalized spacial score (nSPS) is 12.9. The molecule has 0 fully saturated rings. The van der Waals surface area contributed by atoms with E-state index in [2.05, 4.69) is 0 Å². The van der Waals surface area contributed by atoms with Gasteiger partial charge in [0.1, 0.15) is 11.6 Å². The van der Waals surface area contributed by atoms with Crippen LogP contribution in [0.3, 0.4) is 0 Å². The van der Waals surface area contributed by atoms with Crippen molar-refractivity contribution in [2.24, 2.45) is 0 Å². The zero-order valence-electron chi connectivity index (χ0n) is 8.13. The van der Waals surface area contributed by atoms with Crippen molar-refractivity contribution in [3.63, 3.8) is 0 Å². The van der Waals surface area contributed by atoms with Gasteiger partial charge in [-0.3, -0.25) is 0 Å². The van der Waals surface area contributed by atoms with Gasteiger partial charge in [0.15, 0.2) is 0 Å². The molecule has 14 heavy (non-hydrogen) atoms. The van der Waals surface area contributed by atoms with Crippen molar-refractivity contribution >= 4 is 0 Å². The van der Waals surface area contributed by atoms with Crippen molar-refractivity contribution in [2.75, 3.05) is 0 Å². The molecule has 1 aromatic carbocycles. The van der Waals surface area contributed by atoms with Crippen LogP contribution in [0.15, 0.2) is 18.2 Å². The molecule has 0 aliphatic rings. The quantitative estimate of drug-likeness (QED) is 0.792. The van der Waals surface area contributed by atoms with Crippen molar-refractivity contribution < 1.29 is 13.9 Å². The van der Waals surface area contributed by atoms with E-state index in [0.29, 0.717) is 24.8 Å². The third kappa shape index (κ3) is 3.07. The Balaban J connectivity index is 2.62. The Labute approximate surface area is 82.4 Å². The van der Waals surface area contributed by atoms with Crippen LogP contribution in [-0.4, -0.2) is 11.2 Å². The first kappa shape index (κ1) is 11.1. The molecule has 0 bridgehead atoms. The van der Waals surface area contributed by atoms with Crippen LogP contribution in [0.4, 0.5) is 8.78 Å². The second-order valence-corrected chi connectivity index (χ2v) is 3.34. The van der Waals surface area contributed by atoms with Gasteiger partial charge in [0.25, 0.3) is 0 Å². The van der Waals surface area contributed by atoms with Gasteiger partial charge in [-0.05, 0) is 43.0 Å². The lowest BCUT2D eigenvalue weighted by atomic mass is 10.0. The van der Waals surface area contributed by atoms with E-state index < -0.39 is 17.7 Å². The van der Waals surface area contributed by atoms with Crippen molar-refractivity contribution in [3.8, 4) is 0 Å². The highest BCUT2D eigenvalue weighted by atomic mass is 19.1.